The Morgan fingerprint density at radius 2 is 1.81 bits per heavy atom. The van der Waals surface area contributed by atoms with Gasteiger partial charge in [-0.3, -0.25) is 14.4 Å². The van der Waals surface area contributed by atoms with E-state index in [0.717, 1.165) is 36.1 Å². The van der Waals surface area contributed by atoms with Crippen molar-refractivity contribution in [2.24, 2.45) is 11.1 Å². The number of hydrogen-bond donors (Lipinski definition) is 3. The average Bonchev–Trinajstić information content (AvgIpc) is 3.09. The number of benzene rings is 1. The van der Waals surface area contributed by atoms with Crippen LogP contribution in [0.2, 0.25) is 0 Å². The molecule has 2 aromatic rings. The van der Waals surface area contributed by atoms with E-state index in [1.165, 1.54) is 23.5 Å². The molecule has 0 aliphatic heterocycles. The Morgan fingerprint density at radius 1 is 1.09 bits per heavy atom. The van der Waals surface area contributed by atoms with Gasteiger partial charge in [0, 0.05) is 16.0 Å². The summed E-state index contributed by atoms with van der Waals surface area (Å²) in [4.78, 5) is 49.9. The van der Waals surface area contributed by atoms with Crippen molar-refractivity contribution in [2.75, 3.05) is 17.2 Å². The zero-order valence-corrected chi connectivity index (χ0v) is 19.2. The van der Waals surface area contributed by atoms with E-state index in [1.807, 2.05) is 0 Å². The number of nitrogens with two attached hydrogens (primary N) is 1. The maximum Gasteiger partial charge on any atom is 0.338 e. The van der Waals surface area contributed by atoms with Crippen LogP contribution in [0.25, 0.3) is 0 Å². The van der Waals surface area contributed by atoms with E-state index in [2.05, 4.69) is 10.6 Å². The SMILES string of the molecule is CC(C)(C)C(=O)Nc1cccc(C(=O)OCC(=O)Nc2sc3c(c2C(N)=O)CCCC3)c1. The summed E-state index contributed by atoms with van der Waals surface area (Å²) < 4.78 is 5.12. The summed E-state index contributed by atoms with van der Waals surface area (Å²) in [6, 6.07) is 6.30. The van der Waals surface area contributed by atoms with Crippen molar-refractivity contribution in [3.8, 4) is 0 Å². The summed E-state index contributed by atoms with van der Waals surface area (Å²) in [7, 11) is 0. The molecule has 0 atom stereocenters. The van der Waals surface area contributed by atoms with Gasteiger partial charge in [-0.1, -0.05) is 26.8 Å². The number of aryl methyl sites for hydroxylation is 1. The van der Waals surface area contributed by atoms with Crippen LogP contribution in [-0.2, 0) is 27.2 Å². The van der Waals surface area contributed by atoms with Crippen molar-refractivity contribution in [3.63, 3.8) is 0 Å². The lowest BCUT2D eigenvalue weighted by Gasteiger charge is -2.17. The lowest BCUT2D eigenvalue weighted by Crippen LogP contribution is -2.27. The smallest absolute Gasteiger partial charge is 0.338 e. The quantitative estimate of drug-likeness (QED) is 0.572. The fourth-order valence-corrected chi connectivity index (χ4v) is 4.65. The lowest BCUT2D eigenvalue weighted by molar-refractivity contribution is -0.123. The van der Waals surface area contributed by atoms with Gasteiger partial charge in [0.25, 0.3) is 11.8 Å². The summed E-state index contributed by atoms with van der Waals surface area (Å²) in [5, 5.41) is 5.80. The Labute approximate surface area is 190 Å². The minimum absolute atomic E-state index is 0.189. The summed E-state index contributed by atoms with van der Waals surface area (Å²) in [5.41, 5.74) is 6.88. The first-order valence-electron chi connectivity index (χ1n) is 10.4. The molecule has 1 aromatic carbocycles. The predicted octanol–water partition coefficient (Wildman–Crippen LogP) is 3.51. The van der Waals surface area contributed by atoms with E-state index >= 15 is 0 Å². The van der Waals surface area contributed by atoms with Crippen molar-refractivity contribution in [3.05, 3.63) is 45.8 Å². The van der Waals surface area contributed by atoms with Gasteiger partial charge >= 0.3 is 5.97 Å². The Kier molecular flexibility index (Phi) is 6.98. The van der Waals surface area contributed by atoms with E-state index in [9.17, 15) is 19.2 Å². The van der Waals surface area contributed by atoms with Crippen molar-refractivity contribution >= 4 is 45.7 Å². The molecule has 0 radical (unpaired) electrons. The summed E-state index contributed by atoms with van der Waals surface area (Å²) in [6.45, 7) is 4.84. The largest absolute Gasteiger partial charge is 0.452 e. The number of esters is 1. The molecule has 0 unspecified atom stereocenters. The topological polar surface area (TPSA) is 128 Å². The number of nitrogens with one attached hydrogen (secondary N) is 2. The van der Waals surface area contributed by atoms with Crippen LogP contribution in [0.1, 0.15) is 64.8 Å². The van der Waals surface area contributed by atoms with Gasteiger partial charge in [0.05, 0.1) is 11.1 Å². The molecule has 32 heavy (non-hydrogen) atoms. The van der Waals surface area contributed by atoms with Crippen LogP contribution in [-0.4, -0.2) is 30.3 Å². The summed E-state index contributed by atoms with van der Waals surface area (Å²) in [5.74, 6) is -2.03. The van der Waals surface area contributed by atoms with Crippen LogP contribution in [0, 0.1) is 5.41 Å². The number of primary amides is 1. The predicted molar refractivity (Wildman–Crippen MR) is 123 cm³/mol. The van der Waals surface area contributed by atoms with Crippen LogP contribution < -0.4 is 16.4 Å². The molecular formula is C23H27N3O5S. The molecule has 3 amide bonds. The van der Waals surface area contributed by atoms with Crippen LogP contribution in [0.3, 0.4) is 0 Å². The number of ether oxygens (including phenoxy) is 1. The van der Waals surface area contributed by atoms with Gasteiger partial charge in [-0.25, -0.2) is 4.79 Å². The summed E-state index contributed by atoms with van der Waals surface area (Å²) in [6.07, 6.45) is 3.63. The molecule has 1 aliphatic rings. The Morgan fingerprint density at radius 3 is 2.50 bits per heavy atom. The van der Waals surface area contributed by atoms with E-state index in [-0.39, 0.29) is 11.5 Å². The standard InChI is InChI=1S/C23H27N3O5S/c1-23(2,3)22(30)25-14-8-6-7-13(11-14)21(29)31-12-17(27)26-20-18(19(24)28)15-9-4-5-10-16(15)32-20/h6-8,11H,4-5,9-10,12H2,1-3H3,(H2,24,28)(H,25,30)(H,26,27). The number of hydrogen-bond acceptors (Lipinski definition) is 6. The minimum Gasteiger partial charge on any atom is -0.452 e. The number of fused-ring (bicyclic) bond motifs is 1. The normalized spacial score (nSPS) is 13.1. The maximum absolute atomic E-state index is 12.4. The molecule has 0 saturated heterocycles. The van der Waals surface area contributed by atoms with Gasteiger partial charge in [-0.15, -0.1) is 11.3 Å². The van der Waals surface area contributed by atoms with Gasteiger partial charge in [0.1, 0.15) is 5.00 Å². The lowest BCUT2D eigenvalue weighted by atomic mass is 9.95. The van der Waals surface area contributed by atoms with Crippen LogP contribution in [0.4, 0.5) is 10.7 Å². The highest BCUT2D eigenvalue weighted by Gasteiger charge is 2.25. The molecule has 0 bridgehead atoms. The highest BCUT2D eigenvalue weighted by molar-refractivity contribution is 7.17. The molecular weight excluding hydrogens is 430 g/mol. The zero-order chi connectivity index (χ0) is 23.5. The van der Waals surface area contributed by atoms with E-state index < -0.39 is 29.8 Å². The van der Waals surface area contributed by atoms with E-state index in [1.54, 1.807) is 32.9 Å². The maximum atomic E-state index is 12.4. The molecule has 8 nitrogen and oxygen atoms in total. The number of carbonyl (C=O) groups excluding carboxylic acids is 4. The number of amides is 3. The molecule has 9 heteroatoms. The first-order chi connectivity index (χ1) is 15.1. The number of thiophene rings is 1. The monoisotopic (exact) mass is 457 g/mol. The number of rotatable bonds is 6. The van der Waals surface area contributed by atoms with Crippen molar-refractivity contribution in [1.82, 2.24) is 0 Å². The highest BCUT2D eigenvalue weighted by Crippen LogP contribution is 2.37. The third-order valence-corrected chi connectivity index (χ3v) is 6.25. The molecule has 0 saturated carbocycles. The second kappa shape index (κ2) is 9.52. The molecule has 3 rings (SSSR count). The minimum atomic E-state index is -0.701. The molecule has 1 aliphatic carbocycles. The third kappa shape index (κ3) is 5.53. The fraction of sp³-hybridized carbons (Fsp3) is 0.391. The molecule has 170 valence electrons. The molecule has 4 N–H and O–H groups in total. The first-order valence-corrected chi connectivity index (χ1v) is 11.2. The molecule has 1 aromatic heterocycles. The highest BCUT2D eigenvalue weighted by atomic mass is 32.1. The van der Waals surface area contributed by atoms with Crippen LogP contribution in [0.15, 0.2) is 24.3 Å². The second-order valence-electron chi connectivity index (χ2n) is 8.69. The van der Waals surface area contributed by atoms with Gasteiger partial charge in [-0.05, 0) is 49.4 Å². The van der Waals surface area contributed by atoms with E-state index in [0.29, 0.717) is 16.3 Å². The van der Waals surface area contributed by atoms with Gasteiger partial charge in [-0.2, -0.15) is 0 Å². The number of carbonyl (C=O) groups is 4. The summed E-state index contributed by atoms with van der Waals surface area (Å²) >= 11 is 1.35. The van der Waals surface area contributed by atoms with Crippen molar-refractivity contribution in [2.45, 2.75) is 46.5 Å². The van der Waals surface area contributed by atoms with Gasteiger partial charge in [0.15, 0.2) is 6.61 Å². The Balaban J connectivity index is 1.62. The van der Waals surface area contributed by atoms with Crippen molar-refractivity contribution < 1.29 is 23.9 Å². The second-order valence-corrected chi connectivity index (χ2v) is 9.79. The molecule has 1 heterocycles. The van der Waals surface area contributed by atoms with Crippen LogP contribution in [0.5, 0.6) is 0 Å². The Hall–Kier alpha value is -3.20. The first kappa shape index (κ1) is 23.5. The molecule has 0 spiro atoms. The fourth-order valence-electron chi connectivity index (χ4n) is 3.33. The van der Waals surface area contributed by atoms with Crippen molar-refractivity contribution in [1.29, 1.82) is 0 Å². The molecule has 0 fully saturated rings. The Bertz CT molecular complexity index is 1070. The third-order valence-electron chi connectivity index (χ3n) is 5.04. The van der Waals surface area contributed by atoms with E-state index in [4.69, 9.17) is 10.5 Å². The van der Waals surface area contributed by atoms with Gasteiger partial charge < -0.3 is 21.1 Å². The van der Waals surface area contributed by atoms with Crippen LogP contribution >= 0.6 is 11.3 Å². The zero-order valence-electron chi connectivity index (χ0n) is 18.4. The van der Waals surface area contributed by atoms with Gasteiger partial charge in [0.2, 0.25) is 5.91 Å². The number of anilines is 2. The average molecular weight is 458 g/mol.